The molecule has 0 amide bonds. The molecule has 6 rings (SSSR count). The van der Waals surface area contributed by atoms with E-state index in [2.05, 4.69) is 16.5 Å². The molecule has 3 aromatic carbocycles. The fourth-order valence-corrected chi connectivity index (χ4v) is 7.08. The Morgan fingerprint density at radius 1 is 1.11 bits per heavy atom. The third-order valence-electron chi connectivity index (χ3n) is 10.7. The highest BCUT2D eigenvalue weighted by atomic mass is 16.6. The molecule has 56 heavy (non-hydrogen) atoms. The molecule has 15 nitrogen and oxygen atoms in total. The lowest BCUT2D eigenvalue weighted by Gasteiger charge is -2.37. The minimum absolute atomic E-state index is 0.00110. The number of allylic oxidation sites excluding steroid dienone is 3. The second-order valence-corrected chi connectivity index (χ2v) is 14.4. The van der Waals surface area contributed by atoms with Gasteiger partial charge in [-0.3, -0.25) is 15.0 Å². The second kappa shape index (κ2) is 17.5. The van der Waals surface area contributed by atoms with E-state index in [9.17, 15) is 35.8 Å². The molecular weight excluding hydrogens is 720 g/mol. The minimum Gasteiger partial charge on any atom is -0.488 e. The summed E-state index contributed by atoms with van der Waals surface area (Å²) >= 11 is 0. The number of nitro benzene ring substituents is 1. The monoisotopic (exact) mass is 766 g/mol. The Hall–Kier alpha value is -5.47. The molecule has 0 radical (unpaired) electrons. The number of nitriles is 1. The van der Waals surface area contributed by atoms with E-state index in [1.807, 2.05) is 61.2 Å². The zero-order chi connectivity index (χ0) is 39.9. The maximum Gasteiger partial charge on any atom is 0.311 e. The van der Waals surface area contributed by atoms with Crippen LogP contribution in [-0.2, 0) is 25.1 Å². The Labute approximate surface area is 324 Å². The predicted octanol–water partition coefficient (Wildman–Crippen LogP) is 3.72. The summed E-state index contributed by atoms with van der Waals surface area (Å²) in [6.07, 6.45) is 6.09. The number of likely N-dealkylation sites (tertiary alicyclic amines) is 1. The van der Waals surface area contributed by atoms with Gasteiger partial charge in [-0.05, 0) is 47.7 Å². The van der Waals surface area contributed by atoms with Crippen LogP contribution in [0.3, 0.4) is 0 Å². The molecule has 0 spiro atoms. The van der Waals surface area contributed by atoms with Gasteiger partial charge in [0.2, 0.25) is 11.6 Å². The summed E-state index contributed by atoms with van der Waals surface area (Å²) in [4.78, 5) is 19.0. The van der Waals surface area contributed by atoms with Gasteiger partial charge in [0.05, 0.1) is 60.0 Å². The van der Waals surface area contributed by atoms with Gasteiger partial charge in [-0.2, -0.15) is 10.2 Å². The molecule has 294 valence electrons. The van der Waals surface area contributed by atoms with Crippen molar-refractivity contribution in [2.24, 2.45) is 5.92 Å². The van der Waals surface area contributed by atoms with Gasteiger partial charge < -0.3 is 39.7 Å². The number of aromatic nitrogens is 2. The van der Waals surface area contributed by atoms with Gasteiger partial charge in [0.25, 0.3) is 0 Å². The van der Waals surface area contributed by atoms with Gasteiger partial charge in [-0.1, -0.05) is 66.7 Å². The average Bonchev–Trinajstić information content (AvgIpc) is 3.86. The van der Waals surface area contributed by atoms with Crippen LogP contribution in [0.2, 0.25) is 0 Å². The normalized spacial score (nSPS) is 19.8. The van der Waals surface area contributed by atoms with E-state index >= 15 is 0 Å². The molecule has 15 heteroatoms. The Morgan fingerprint density at radius 3 is 2.59 bits per heavy atom. The first-order valence-corrected chi connectivity index (χ1v) is 18.4. The van der Waals surface area contributed by atoms with Crippen LogP contribution in [0.1, 0.15) is 52.9 Å². The van der Waals surface area contributed by atoms with Crippen molar-refractivity contribution in [2.75, 3.05) is 39.5 Å². The average molecular weight is 767 g/mol. The SMILES string of the molecule is Cc1ccccc1C1=CC=CC(COc2cc(OCc3cccc(C#N)c3)c(CNC(CO)(CO)CO)cc2[N+](=O)[O-])(c2noc(CN3CCC(O)C3)n2)[C@@H]1C. The quantitative estimate of drug-likeness (QED) is 0.0764. The van der Waals surface area contributed by atoms with Crippen LogP contribution >= 0.6 is 0 Å². The number of hydrogen-bond acceptors (Lipinski definition) is 14. The first-order chi connectivity index (χ1) is 27.0. The molecule has 2 unspecified atom stereocenters. The highest BCUT2D eigenvalue weighted by Crippen LogP contribution is 2.45. The van der Waals surface area contributed by atoms with Gasteiger partial charge in [0.1, 0.15) is 19.0 Å². The molecule has 3 atom stereocenters. The first-order valence-electron chi connectivity index (χ1n) is 18.4. The van der Waals surface area contributed by atoms with Gasteiger partial charge >= 0.3 is 5.69 Å². The molecule has 2 heterocycles. The summed E-state index contributed by atoms with van der Waals surface area (Å²) in [7, 11) is 0. The zero-order valence-corrected chi connectivity index (χ0v) is 31.3. The van der Waals surface area contributed by atoms with Crippen LogP contribution in [0.15, 0.2) is 83.4 Å². The van der Waals surface area contributed by atoms with Crippen molar-refractivity contribution < 1.29 is 39.3 Å². The highest BCUT2D eigenvalue weighted by molar-refractivity contribution is 5.74. The van der Waals surface area contributed by atoms with Gasteiger partial charge in [0.15, 0.2) is 5.82 Å². The van der Waals surface area contributed by atoms with Gasteiger partial charge in [-0.15, -0.1) is 0 Å². The van der Waals surface area contributed by atoms with E-state index in [0.29, 0.717) is 54.5 Å². The van der Waals surface area contributed by atoms with Crippen LogP contribution in [0.5, 0.6) is 11.5 Å². The number of benzene rings is 3. The Morgan fingerprint density at radius 2 is 1.89 bits per heavy atom. The number of nitro groups is 1. The molecule has 1 aromatic heterocycles. The molecule has 1 fully saturated rings. The summed E-state index contributed by atoms with van der Waals surface area (Å²) in [5.41, 5.74) is 1.56. The number of nitrogens with zero attached hydrogens (tertiary/aromatic N) is 5. The van der Waals surface area contributed by atoms with Crippen LogP contribution in [-0.4, -0.2) is 91.5 Å². The maximum atomic E-state index is 12.7. The van der Waals surface area contributed by atoms with Crippen LogP contribution in [0.4, 0.5) is 5.69 Å². The predicted molar refractivity (Wildman–Crippen MR) is 204 cm³/mol. The number of aryl methyl sites for hydroxylation is 1. The van der Waals surface area contributed by atoms with E-state index in [1.165, 1.54) is 12.1 Å². The van der Waals surface area contributed by atoms with E-state index in [4.69, 9.17) is 19.0 Å². The lowest BCUT2D eigenvalue weighted by Crippen LogP contribution is -2.54. The molecule has 4 aromatic rings. The van der Waals surface area contributed by atoms with E-state index < -0.39 is 41.8 Å². The van der Waals surface area contributed by atoms with Crippen molar-refractivity contribution in [1.82, 2.24) is 20.4 Å². The standard InChI is InChI=1S/C41H46N6O9/c1-27-7-3-4-10-33(27)34-11-6-13-41(28(34)2,39-44-38(56-45-39)21-46-14-12-32(51)20-46)26-55-37-17-36(54-22-30-9-5-8-29(15-30)18-42)31(16-35(37)47(52)53)19-43-40(23-48,24-49)25-50/h3-11,13,15-17,28,32,43,48-51H,12,14,19-26H2,1-2H3/t28-,32?,41?/m1/s1. The van der Waals surface area contributed by atoms with E-state index in [1.54, 1.807) is 24.3 Å². The zero-order valence-electron chi connectivity index (χ0n) is 31.3. The van der Waals surface area contributed by atoms with Crippen LogP contribution in [0.25, 0.3) is 5.57 Å². The van der Waals surface area contributed by atoms with Crippen molar-refractivity contribution in [2.45, 2.75) is 57.0 Å². The number of β-amino-alcohol motifs (C(OH)–C–C–N with tert-alkyl or cyclic N) is 1. The molecule has 2 aliphatic rings. The third-order valence-corrected chi connectivity index (χ3v) is 10.7. The molecule has 1 aliphatic carbocycles. The molecular formula is C41H46N6O9. The number of ether oxygens (including phenoxy) is 2. The van der Waals surface area contributed by atoms with Crippen molar-refractivity contribution in [3.8, 4) is 17.6 Å². The number of aliphatic hydroxyl groups excluding tert-OH is 4. The smallest absolute Gasteiger partial charge is 0.311 e. The summed E-state index contributed by atoms with van der Waals surface area (Å²) in [5, 5.41) is 69.3. The van der Waals surface area contributed by atoms with E-state index in [0.717, 1.165) is 16.7 Å². The summed E-state index contributed by atoms with van der Waals surface area (Å²) < 4.78 is 18.5. The van der Waals surface area contributed by atoms with Gasteiger partial charge in [-0.25, -0.2) is 0 Å². The number of hydrogen-bond donors (Lipinski definition) is 5. The van der Waals surface area contributed by atoms with Gasteiger partial charge in [0, 0.05) is 43.2 Å². The van der Waals surface area contributed by atoms with Crippen molar-refractivity contribution in [3.63, 3.8) is 0 Å². The summed E-state index contributed by atoms with van der Waals surface area (Å²) in [5.74, 6) is 0.492. The lowest BCUT2D eigenvalue weighted by molar-refractivity contribution is -0.386. The molecule has 0 saturated carbocycles. The minimum atomic E-state index is -1.47. The second-order valence-electron chi connectivity index (χ2n) is 14.4. The first kappa shape index (κ1) is 40.2. The molecule has 1 aliphatic heterocycles. The van der Waals surface area contributed by atoms with Crippen molar-refractivity contribution >= 4 is 11.3 Å². The maximum absolute atomic E-state index is 12.7. The summed E-state index contributed by atoms with van der Waals surface area (Å²) in [6, 6.07) is 19.6. The molecule has 5 N–H and O–H groups in total. The van der Waals surface area contributed by atoms with Crippen LogP contribution in [0, 0.1) is 34.3 Å². The van der Waals surface area contributed by atoms with E-state index in [-0.39, 0.29) is 42.9 Å². The topological polar surface area (TPSA) is 220 Å². The number of rotatable bonds is 17. The van der Waals surface area contributed by atoms with Crippen molar-refractivity contribution in [1.29, 1.82) is 5.26 Å². The Kier molecular flexibility index (Phi) is 12.6. The molecule has 1 saturated heterocycles. The summed E-state index contributed by atoms with van der Waals surface area (Å²) in [6.45, 7) is 3.49. The van der Waals surface area contributed by atoms with Crippen LogP contribution < -0.4 is 14.8 Å². The number of aliphatic hydroxyl groups is 4. The highest BCUT2D eigenvalue weighted by Gasteiger charge is 2.45. The largest absolute Gasteiger partial charge is 0.488 e. The molecule has 0 bridgehead atoms. The lowest BCUT2D eigenvalue weighted by atomic mass is 9.68. The third kappa shape index (κ3) is 8.66. The van der Waals surface area contributed by atoms with Crippen molar-refractivity contribution in [3.05, 3.63) is 129 Å². The fraction of sp³-hybridized carbons (Fsp3) is 0.390. The number of nitrogens with one attached hydrogen (secondary N) is 1. The fourth-order valence-electron chi connectivity index (χ4n) is 7.08. The Balaban J connectivity index is 1.38. The Bertz CT molecular complexity index is 2120.